The molecule has 1 aliphatic rings. The Morgan fingerprint density at radius 3 is 2.44 bits per heavy atom. The number of carboxylic acid groups (broad SMARTS) is 1. The van der Waals surface area contributed by atoms with Crippen molar-refractivity contribution in [1.29, 1.82) is 0 Å². The first-order chi connectivity index (χ1) is 7.65. The molecule has 90 valence electrons. The van der Waals surface area contributed by atoms with Crippen LogP contribution >= 0.6 is 0 Å². The molecule has 4 heteroatoms. The number of hydrogen-bond acceptors (Lipinski definition) is 3. The van der Waals surface area contributed by atoms with Crippen molar-refractivity contribution in [1.82, 2.24) is 0 Å². The smallest absolute Gasteiger partial charge is 0.334 e. The maximum atomic E-state index is 11.6. The molecule has 0 aromatic carbocycles. The zero-order chi connectivity index (χ0) is 12.0. The van der Waals surface area contributed by atoms with E-state index in [0.29, 0.717) is 5.57 Å². The summed E-state index contributed by atoms with van der Waals surface area (Å²) in [6.07, 6.45) is 6.06. The summed E-state index contributed by atoms with van der Waals surface area (Å²) in [4.78, 5) is 22.3. The molecule has 1 N–H and O–H groups in total. The van der Waals surface area contributed by atoms with E-state index in [4.69, 9.17) is 9.84 Å². The van der Waals surface area contributed by atoms with E-state index in [1.165, 1.54) is 6.42 Å². The standard InChI is InChI=1S/C12H18O4/c1-2-16-12(15)10(8-11(13)14)9-6-4-3-5-7-9/h8-9H,2-7H2,1H3,(H,13,14). The predicted molar refractivity (Wildman–Crippen MR) is 58.9 cm³/mol. The highest BCUT2D eigenvalue weighted by atomic mass is 16.5. The number of carboxylic acids is 1. The number of rotatable bonds is 4. The van der Waals surface area contributed by atoms with Crippen LogP contribution in [0.15, 0.2) is 11.6 Å². The Morgan fingerprint density at radius 1 is 1.31 bits per heavy atom. The number of aliphatic carboxylic acids is 1. The van der Waals surface area contributed by atoms with Crippen molar-refractivity contribution in [2.75, 3.05) is 6.61 Å². The van der Waals surface area contributed by atoms with Gasteiger partial charge in [-0.15, -0.1) is 0 Å². The Kier molecular flexibility index (Phi) is 5.02. The minimum atomic E-state index is -1.08. The van der Waals surface area contributed by atoms with Crippen molar-refractivity contribution >= 4 is 11.9 Å². The van der Waals surface area contributed by atoms with Crippen LogP contribution < -0.4 is 0 Å². The Hall–Kier alpha value is -1.32. The molecule has 0 bridgehead atoms. The van der Waals surface area contributed by atoms with E-state index in [-0.39, 0.29) is 12.5 Å². The molecule has 0 aliphatic heterocycles. The molecule has 0 unspecified atom stereocenters. The number of carbonyl (C=O) groups excluding carboxylic acids is 1. The zero-order valence-electron chi connectivity index (χ0n) is 9.57. The van der Waals surface area contributed by atoms with Crippen LogP contribution in [-0.4, -0.2) is 23.7 Å². The van der Waals surface area contributed by atoms with Crippen molar-refractivity contribution in [2.24, 2.45) is 5.92 Å². The van der Waals surface area contributed by atoms with Crippen molar-refractivity contribution in [2.45, 2.75) is 39.0 Å². The van der Waals surface area contributed by atoms with Gasteiger partial charge in [-0.2, -0.15) is 0 Å². The quantitative estimate of drug-likeness (QED) is 0.589. The Bertz CT molecular complexity index is 287. The molecular formula is C12H18O4. The average Bonchev–Trinajstić information content (AvgIpc) is 2.27. The van der Waals surface area contributed by atoms with Gasteiger partial charge in [-0.05, 0) is 25.7 Å². The molecule has 4 nitrogen and oxygen atoms in total. The van der Waals surface area contributed by atoms with Crippen molar-refractivity contribution in [3.63, 3.8) is 0 Å². The van der Waals surface area contributed by atoms with Gasteiger partial charge in [-0.25, -0.2) is 9.59 Å². The lowest BCUT2D eigenvalue weighted by Crippen LogP contribution is -2.19. The van der Waals surface area contributed by atoms with E-state index in [2.05, 4.69) is 0 Å². The summed E-state index contributed by atoms with van der Waals surface area (Å²) in [5.74, 6) is -1.49. The van der Waals surface area contributed by atoms with Crippen LogP contribution in [0.1, 0.15) is 39.0 Å². The van der Waals surface area contributed by atoms with Crippen molar-refractivity contribution < 1.29 is 19.4 Å². The number of hydrogen-bond donors (Lipinski definition) is 1. The van der Waals surface area contributed by atoms with Gasteiger partial charge in [0.2, 0.25) is 0 Å². The maximum absolute atomic E-state index is 11.6. The van der Waals surface area contributed by atoms with Gasteiger partial charge in [0, 0.05) is 11.6 Å². The maximum Gasteiger partial charge on any atom is 0.334 e. The molecule has 0 atom stereocenters. The predicted octanol–water partition coefficient (Wildman–Crippen LogP) is 2.14. The first-order valence-corrected chi connectivity index (χ1v) is 5.76. The highest BCUT2D eigenvalue weighted by molar-refractivity contribution is 5.96. The zero-order valence-corrected chi connectivity index (χ0v) is 9.57. The molecule has 16 heavy (non-hydrogen) atoms. The topological polar surface area (TPSA) is 63.6 Å². The van der Waals surface area contributed by atoms with Crippen LogP contribution in [0.25, 0.3) is 0 Å². The van der Waals surface area contributed by atoms with Crippen molar-refractivity contribution in [3.8, 4) is 0 Å². The van der Waals surface area contributed by atoms with E-state index >= 15 is 0 Å². The number of esters is 1. The van der Waals surface area contributed by atoms with Crippen LogP contribution in [0.4, 0.5) is 0 Å². The van der Waals surface area contributed by atoms with E-state index < -0.39 is 11.9 Å². The molecule has 0 heterocycles. The lowest BCUT2D eigenvalue weighted by molar-refractivity contribution is -0.140. The average molecular weight is 226 g/mol. The van der Waals surface area contributed by atoms with E-state index in [1.807, 2.05) is 0 Å². The van der Waals surface area contributed by atoms with Crippen LogP contribution in [-0.2, 0) is 14.3 Å². The number of ether oxygens (including phenoxy) is 1. The first-order valence-electron chi connectivity index (χ1n) is 5.76. The molecule has 0 saturated heterocycles. The molecule has 1 aliphatic carbocycles. The summed E-state index contributed by atoms with van der Waals surface area (Å²) in [7, 11) is 0. The molecule has 1 rings (SSSR count). The SMILES string of the molecule is CCOC(=O)C(=CC(=O)O)C1CCCCC1. The molecule has 0 aromatic heterocycles. The fraction of sp³-hybridized carbons (Fsp3) is 0.667. The monoisotopic (exact) mass is 226 g/mol. The van der Waals surface area contributed by atoms with Gasteiger partial charge in [-0.1, -0.05) is 19.3 Å². The van der Waals surface area contributed by atoms with Crippen LogP contribution in [0.2, 0.25) is 0 Å². The van der Waals surface area contributed by atoms with Gasteiger partial charge in [0.15, 0.2) is 0 Å². The van der Waals surface area contributed by atoms with Gasteiger partial charge in [-0.3, -0.25) is 0 Å². The summed E-state index contributed by atoms with van der Waals surface area (Å²) in [5, 5.41) is 8.75. The summed E-state index contributed by atoms with van der Waals surface area (Å²) >= 11 is 0. The van der Waals surface area contributed by atoms with E-state index in [1.54, 1.807) is 6.92 Å². The second-order valence-corrected chi connectivity index (χ2v) is 3.99. The Morgan fingerprint density at radius 2 is 1.94 bits per heavy atom. The fourth-order valence-electron chi connectivity index (χ4n) is 2.10. The van der Waals surface area contributed by atoms with Gasteiger partial charge < -0.3 is 9.84 Å². The van der Waals surface area contributed by atoms with E-state index in [9.17, 15) is 9.59 Å². The largest absolute Gasteiger partial charge is 0.478 e. The fourth-order valence-corrected chi connectivity index (χ4v) is 2.10. The van der Waals surface area contributed by atoms with Crippen molar-refractivity contribution in [3.05, 3.63) is 11.6 Å². The summed E-state index contributed by atoms with van der Waals surface area (Å²) in [6.45, 7) is 2.00. The molecule has 0 aromatic rings. The minimum absolute atomic E-state index is 0.0592. The number of carbonyl (C=O) groups is 2. The molecule has 0 spiro atoms. The van der Waals surface area contributed by atoms with Crippen LogP contribution in [0.5, 0.6) is 0 Å². The molecular weight excluding hydrogens is 208 g/mol. The normalized spacial score (nSPS) is 18.2. The van der Waals surface area contributed by atoms with Gasteiger partial charge in [0.05, 0.1) is 6.61 Å². The van der Waals surface area contributed by atoms with Gasteiger partial charge in [0.1, 0.15) is 0 Å². The first kappa shape index (κ1) is 12.7. The summed E-state index contributed by atoms with van der Waals surface area (Å²) < 4.78 is 4.89. The molecule has 1 fully saturated rings. The Labute approximate surface area is 95.3 Å². The highest BCUT2D eigenvalue weighted by Crippen LogP contribution is 2.30. The second kappa shape index (κ2) is 6.30. The molecule has 0 radical (unpaired) electrons. The third kappa shape index (κ3) is 3.68. The third-order valence-electron chi connectivity index (χ3n) is 2.84. The summed E-state index contributed by atoms with van der Waals surface area (Å²) in [6, 6.07) is 0. The van der Waals surface area contributed by atoms with Gasteiger partial charge >= 0.3 is 11.9 Å². The highest BCUT2D eigenvalue weighted by Gasteiger charge is 2.24. The van der Waals surface area contributed by atoms with Gasteiger partial charge in [0.25, 0.3) is 0 Å². The second-order valence-electron chi connectivity index (χ2n) is 3.99. The summed E-state index contributed by atoms with van der Waals surface area (Å²) in [5.41, 5.74) is 0.328. The lowest BCUT2D eigenvalue weighted by Gasteiger charge is -2.22. The lowest BCUT2D eigenvalue weighted by atomic mass is 9.83. The minimum Gasteiger partial charge on any atom is -0.478 e. The third-order valence-corrected chi connectivity index (χ3v) is 2.84. The van der Waals surface area contributed by atoms with E-state index in [0.717, 1.165) is 31.8 Å². The molecule has 0 amide bonds. The van der Waals surface area contributed by atoms with Crippen LogP contribution in [0, 0.1) is 5.92 Å². The molecule has 1 saturated carbocycles. The Balaban J connectivity index is 2.77. The van der Waals surface area contributed by atoms with Crippen LogP contribution in [0.3, 0.4) is 0 Å².